The number of amides is 1. The van der Waals surface area contributed by atoms with Crippen molar-refractivity contribution in [3.05, 3.63) is 0 Å². The highest BCUT2D eigenvalue weighted by molar-refractivity contribution is 6.07. The molecule has 0 radical (unpaired) electrons. The Kier molecular flexibility index (Phi) is 29.8. The Bertz CT molecular complexity index is 982. The minimum absolute atomic E-state index is 0.0386. The molecule has 16 heteroatoms. The monoisotopic (exact) mass is 733 g/mol. The molecule has 0 aliphatic heterocycles. The molecule has 0 saturated heterocycles. The van der Waals surface area contributed by atoms with Crippen molar-refractivity contribution >= 4 is 35.6 Å². The maximum atomic E-state index is 13.0. The number of carboxylic acid groups (broad SMARTS) is 2. The van der Waals surface area contributed by atoms with Crippen LogP contribution in [0.2, 0.25) is 0 Å². The molecule has 0 unspecified atom stereocenters. The van der Waals surface area contributed by atoms with Crippen molar-refractivity contribution < 1.29 is 62.7 Å². The van der Waals surface area contributed by atoms with Crippen LogP contribution in [0.25, 0.3) is 0 Å². The lowest BCUT2D eigenvalue weighted by Gasteiger charge is -2.28. The summed E-state index contributed by atoms with van der Waals surface area (Å²) in [6.07, 6.45) is 14.0. The highest BCUT2D eigenvalue weighted by atomic mass is 16.7. The Morgan fingerprint density at radius 2 is 1.04 bits per heavy atom. The van der Waals surface area contributed by atoms with Gasteiger partial charge in [0.25, 0.3) is 0 Å². The molecular formula is C35H63N3O13. The first-order valence-corrected chi connectivity index (χ1v) is 18.3. The number of Topliss-reactive ketones (excluding diaryl/α,β-unsaturated/α-hetero) is 1. The van der Waals surface area contributed by atoms with Crippen molar-refractivity contribution in [1.29, 1.82) is 0 Å². The largest absolute Gasteiger partial charge is 0.481 e. The fraction of sp³-hybridized carbons (Fsp3) is 0.829. The van der Waals surface area contributed by atoms with Crippen LogP contribution in [0.4, 0.5) is 0 Å². The van der Waals surface area contributed by atoms with Gasteiger partial charge in [-0.25, -0.2) is 9.59 Å². The topological polar surface area (TPSA) is 253 Å². The van der Waals surface area contributed by atoms with Gasteiger partial charge in [-0.2, -0.15) is 0 Å². The number of hydrogen-bond acceptors (Lipinski definition) is 13. The number of hydrogen-bond donors (Lipinski definition) is 5. The molecule has 1 amide bonds. The Morgan fingerprint density at radius 3 is 1.43 bits per heavy atom. The quantitative estimate of drug-likeness (QED) is 0.0269. The Balaban J connectivity index is 4.49. The molecule has 16 nitrogen and oxygen atoms in total. The van der Waals surface area contributed by atoms with Crippen molar-refractivity contribution in [1.82, 2.24) is 5.32 Å². The highest BCUT2D eigenvalue weighted by Crippen LogP contribution is 2.19. The summed E-state index contributed by atoms with van der Waals surface area (Å²) < 4.78 is 26.1. The summed E-state index contributed by atoms with van der Waals surface area (Å²) in [6.45, 7) is 1.29. The molecule has 7 N–H and O–H groups in total. The number of carbonyl (C=O) groups excluding carboxylic acids is 4. The van der Waals surface area contributed by atoms with Gasteiger partial charge in [0.2, 0.25) is 11.7 Å². The minimum atomic E-state index is -2.60. The van der Waals surface area contributed by atoms with Crippen LogP contribution in [-0.2, 0) is 52.5 Å². The van der Waals surface area contributed by atoms with Gasteiger partial charge >= 0.3 is 29.7 Å². The van der Waals surface area contributed by atoms with Crippen LogP contribution in [0, 0.1) is 0 Å². The lowest BCUT2D eigenvalue weighted by molar-refractivity contribution is -0.243. The Hall–Kier alpha value is -3.02. The van der Waals surface area contributed by atoms with Crippen LogP contribution < -0.4 is 16.8 Å². The van der Waals surface area contributed by atoms with E-state index in [1.165, 1.54) is 25.7 Å². The number of ether oxygens (including phenoxy) is 5. The molecule has 51 heavy (non-hydrogen) atoms. The zero-order chi connectivity index (χ0) is 38.2. The van der Waals surface area contributed by atoms with E-state index in [9.17, 15) is 33.9 Å². The van der Waals surface area contributed by atoms with Crippen LogP contribution in [0.5, 0.6) is 0 Å². The Morgan fingerprint density at radius 1 is 0.608 bits per heavy atom. The van der Waals surface area contributed by atoms with Gasteiger partial charge in [0.15, 0.2) is 0 Å². The van der Waals surface area contributed by atoms with Gasteiger partial charge in [0.05, 0.1) is 39.6 Å². The number of nitrogens with one attached hydrogen (secondary N) is 1. The van der Waals surface area contributed by atoms with Gasteiger partial charge in [-0.1, -0.05) is 77.0 Å². The molecule has 0 aromatic heterocycles. The number of carbonyl (C=O) groups is 6. The molecule has 0 bridgehead atoms. The smallest absolute Gasteiger partial charge is 0.382 e. The van der Waals surface area contributed by atoms with E-state index in [2.05, 4.69) is 5.32 Å². The van der Waals surface area contributed by atoms with Crippen molar-refractivity contribution in [3.8, 4) is 0 Å². The first-order chi connectivity index (χ1) is 24.5. The molecule has 0 heterocycles. The molecule has 0 aliphatic carbocycles. The van der Waals surface area contributed by atoms with Crippen molar-refractivity contribution in [2.45, 2.75) is 134 Å². The number of aliphatic carboxylic acids is 2. The van der Waals surface area contributed by atoms with E-state index in [-0.39, 0.29) is 72.0 Å². The van der Waals surface area contributed by atoms with Gasteiger partial charge in [0.1, 0.15) is 6.04 Å². The summed E-state index contributed by atoms with van der Waals surface area (Å²) in [6, 6.07) is -1.39. The number of nitrogens with two attached hydrogens (primary N) is 2. The summed E-state index contributed by atoms with van der Waals surface area (Å²) in [5.41, 5.74) is 10.7. The molecule has 0 aromatic rings. The van der Waals surface area contributed by atoms with E-state index in [1.807, 2.05) is 0 Å². The SMILES string of the molecule is CC(=O)C(OCCOCCN)(OCCOCCN)C(=O)OC(=O)CC[C@H](NC(=O)CCCCCCCCCCCCCCCCC(=O)O)C(=O)O. The number of rotatable bonds is 36. The first kappa shape index (κ1) is 48.0. The summed E-state index contributed by atoms with van der Waals surface area (Å²) in [5, 5.41) is 20.6. The van der Waals surface area contributed by atoms with E-state index < -0.39 is 53.8 Å². The van der Waals surface area contributed by atoms with E-state index in [0.29, 0.717) is 6.42 Å². The van der Waals surface area contributed by atoms with Crippen molar-refractivity contribution in [3.63, 3.8) is 0 Å². The zero-order valence-electron chi connectivity index (χ0n) is 30.5. The number of ketones is 1. The van der Waals surface area contributed by atoms with Crippen molar-refractivity contribution in [2.24, 2.45) is 11.5 Å². The van der Waals surface area contributed by atoms with Crippen LogP contribution in [0.15, 0.2) is 0 Å². The van der Waals surface area contributed by atoms with Gasteiger partial charge < -0.3 is 50.7 Å². The van der Waals surface area contributed by atoms with Crippen LogP contribution in [0.1, 0.15) is 122 Å². The number of unbranched alkanes of at least 4 members (excludes halogenated alkanes) is 13. The highest BCUT2D eigenvalue weighted by Gasteiger charge is 2.49. The summed E-state index contributed by atoms with van der Waals surface area (Å²) >= 11 is 0. The van der Waals surface area contributed by atoms with Crippen LogP contribution >= 0.6 is 0 Å². The zero-order valence-corrected chi connectivity index (χ0v) is 30.5. The summed E-state index contributed by atoms with van der Waals surface area (Å²) in [7, 11) is 0. The molecule has 296 valence electrons. The van der Waals surface area contributed by atoms with E-state index >= 15 is 0 Å². The van der Waals surface area contributed by atoms with Gasteiger partial charge in [0, 0.05) is 39.3 Å². The van der Waals surface area contributed by atoms with Crippen LogP contribution in [-0.4, -0.2) is 110 Å². The molecule has 0 rings (SSSR count). The lowest BCUT2D eigenvalue weighted by atomic mass is 10.0. The normalized spacial score (nSPS) is 12.0. The lowest BCUT2D eigenvalue weighted by Crippen LogP contribution is -2.53. The second kappa shape index (κ2) is 31.7. The molecule has 0 fully saturated rings. The number of esters is 2. The fourth-order valence-electron chi connectivity index (χ4n) is 5.06. The third-order valence-electron chi connectivity index (χ3n) is 7.84. The molecule has 1 atom stereocenters. The molecule has 0 aliphatic rings. The second-order valence-electron chi connectivity index (χ2n) is 12.3. The fourth-order valence-corrected chi connectivity index (χ4v) is 5.06. The van der Waals surface area contributed by atoms with E-state index in [4.69, 9.17) is 40.3 Å². The van der Waals surface area contributed by atoms with E-state index in [0.717, 1.165) is 64.7 Å². The van der Waals surface area contributed by atoms with E-state index in [1.54, 1.807) is 0 Å². The third-order valence-corrected chi connectivity index (χ3v) is 7.84. The average Bonchev–Trinajstić information content (AvgIpc) is 3.08. The maximum Gasteiger partial charge on any atom is 0.382 e. The number of carboxylic acids is 2. The standard InChI is InChI=1S/C35H63N3O13/c1-28(39)35(49-26-24-47-22-20-36,50-27-25-48-23-21-37)34(46)51-32(43)19-18-29(33(44)45)38-30(40)16-14-12-10-8-6-4-2-3-5-7-9-11-13-15-17-31(41)42/h29H,2-27,36-37H2,1H3,(H,38,40)(H,41,42)(H,44,45)/t29-/m0/s1. The minimum Gasteiger partial charge on any atom is -0.481 e. The molecular weight excluding hydrogens is 670 g/mol. The summed E-state index contributed by atoms with van der Waals surface area (Å²) in [4.78, 5) is 72.8. The average molecular weight is 734 g/mol. The van der Waals surface area contributed by atoms with Crippen LogP contribution in [0.3, 0.4) is 0 Å². The van der Waals surface area contributed by atoms with Gasteiger partial charge in [-0.05, 0) is 19.3 Å². The predicted molar refractivity (Wildman–Crippen MR) is 186 cm³/mol. The first-order valence-electron chi connectivity index (χ1n) is 18.3. The Labute approximate surface area is 302 Å². The van der Waals surface area contributed by atoms with Gasteiger partial charge in [-0.15, -0.1) is 0 Å². The molecule has 0 spiro atoms. The van der Waals surface area contributed by atoms with Crippen molar-refractivity contribution in [2.75, 3.05) is 52.7 Å². The van der Waals surface area contributed by atoms with Gasteiger partial charge in [-0.3, -0.25) is 19.2 Å². The predicted octanol–water partition coefficient (Wildman–Crippen LogP) is 3.00. The second-order valence-corrected chi connectivity index (χ2v) is 12.3. The molecule has 0 aromatic carbocycles. The summed E-state index contributed by atoms with van der Waals surface area (Å²) in [5.74, 6) is -8.61. The molecule has 0 saturated carbocycles. The maximum absolute atomic E-state index is 13.0. The third kappa shape index (κ3) is 25.6.